The zero-order chi connectivity index (χ0) is 13.1. The van der Waals surface area contributed by atoms with Gasteiger partial charge in [0.25, 0.3) is 0 Å². The van der Waals surface area contributed by atoms with Crippen molar-refractivity contribution in [1.29, 1.82) is 0 Å². The SMILES string of the molecule is Nc1cc(CCc2ccc(F)cc2)c(N)c(N)n1. The smallest absolute Gasteiger partial charge is 0.149 e. The summed E-state index contributed by atoms with van der Waals surface area (Å²) < 4.78 is 12.8. The molecule has 0 saturated heterocycles. The third-order valence-electron chi connectivity index (χ3n) is 2.79. The Hall–Kier alpha value is -2.30. The van der Waals surface area contributed by atoms with Gasteiger partial charge >= 0.3 is 0 Å². The molecule has 0 radical (unpaired) electrons. The molecule has 2 rings (SSSR count). The van der Waals surface area contributed by atoms with Gasteiger partial charge in [0.1, 0.15) is 17.5 Å². The van der Waals surface area contributed by atoms with Gasteiger partial charge in [0, 0.05) is 0 Å². The first-order valence-corrected chi connectivity index (χ1v) is 5.61. The van der Waals surface area contributed by atoms with Gasteiger partial charge in [-0.05, 0) is 42.2 Å². The third-order valence-corrected chi connectivity index (χ3v) is 2.79. The summed E-state index contributed by atoms with van der Waals surface area (Å²) in [5.41, 5.74) is 19.5. The fourth-order valence-electron chi connectivity index (χ4n) is 1.79. The van der Waals surface area contributed by atoms with E-state index >= 15 is 0 Å². The van der Waals surface area contributed by atoms with Crippen LogP contribution in [-0.2, 0) is 12.8 Å². The molecular weight excluding hydrogens is 231 g/mol. The van der Waals surface area contributed by atoms with E-state index in [0.29, 0.717) is 17.9 Å². The number of nitrogens with two attached hydrogens (primary N) is 3. The Labute approximate surface area is 105 Å². The second-order valence-corrected chi connectivity index (χ2v) is 4.13. The number of benzene rings is 1. The number of hydrogen-bond acceptors (Lipinski definition) is 4. The molecule has 1 aromatic carbocycles. The van der Waals surface area contributed by atoms with Crippen LogP contribution in [-0.4, -0.2) is 4.98 Å². The Kier molecular flexibility index (Phi) is 3.32. The second kappa shape index (κ2) is 4.91. The van der Waals surface area contributed by atoms with Crippen LogP contribution in [0.3, 0.4) is 0 Å². The largest absolute Gasteiger partial charge is 0.396 e. The molecule has 0 unspecified atom stereocenters. The summed E-state index contributed by atoms with van der Waals surface area (Å²) in [5.74, 6) is 0.371. The predicted molar refractivity (Wildman–Crippen MR) is 71.3 cm³/mol. The summed E-state index contributed by atoms with van der Waals surface area (Å²) >= 11 is 0. The molecule has 0 aliphatic heterocycles. The molecule has 0 bridgehead atoms. The zero-order valence-corrected chi connectivity index (χ0v) is 9.86. The number of aromatic nitrogens is 1. The molecule has 0 saturated carbocycles. The van der Waals surface area contributed by atoms with E-state index in [1.165, 1.54) is 12.1 Å². The van der Waals surface area contributed by atoms with E-state index in [1.54, 1.807) is 18.2 Å². The van der Waals surface area contributed by atoms with Crippen LogP contribution in [0.4, 0.5) is 21.7 Å². The number of halogens is 1. The van der Waals surface area contributed by atoms with Crippen LogP contribution in [0.15, 0.2) is 30.3 Å². The van der Waals surface area contributed by atoms with Crippen molar-refractivity contribution in [3.05, 3.63) is 47.3 Å². The summed E-state index contributed by atoms with van der Waals surface area (Å²) in [6, 6.07) is 8.09. The minimum Gasteiger partial charge on any atom is -0.396 e. The van der Waals surface area contributed by atoms with E-state index in [9.17, 15) is 4.39 Å². The molecule has 0 spiro atoms. The quantitative estimate of drug-likeness (QED) is 0.769. The molecule has 0 fully saturated rings. The van der Waals surface area contributed by atoms with Gasteiger partial charge in [0.15, 0.2) is 0 Å². The van der Waals surface area contributed by atoms with E-state index in [1.807, 2.05) is 0 Å². The number of pyridine rings is 1. The summed E-state index contributed by atoms with van der Waals surface area (Å²) in [7, 11) is 0. The average molecular weight is 246 g/mol. The normalized spacial score (nSPS) is 10.5. The van der Waals surface area contributed by atoms with Crippen molar-refractivity contribution in [3.8, 4) is 0 Å². The van der Waals surface area contributed by atoms with Crippen molar-refractivity contribution in [3.63, 3.8) is 0 Å². The highest BCUT2D eigenvalue weighted by atomic mass is 19.1. The lowest BCUT2D eigenvalue weighted by Crippen LogP contribution is -2.06. The molecule has 1 heterocycles. The number of rotatable bonds is 3. The maximum absolute atomic E-state index is 12.8. The van der Waals surface area contributed by atoms with E-state index in [-0.39, 0.29) is 11.6 Å². The highest BCUT2D eigenvalue weighted by Crippen LogP contribution is 2.22. The highest BCUT2D eigenvalue weighted by molar-refractivity contribution is 5.66. The molecule has 18 heavy (non-hydrogen) atoms. The van der Waals surface area contributed by atoms with E-state index in [0.717, 1.165) is 17.5 Å². The minimum atomic E-state index is -0.240. The van der Waals surface area contributed by atoms with Crippen LogP contribution in [0.2, 0.25) is 0 Å². The standard InChI is InChI=1S/C13H15FN4/c14-10-5-2-8(3-6-10)1-4-9-7-11(15)18-13(17)12(9)16/h2-3,5-7H,1,4,16H2,(H4,15,17,18). The highest BCUT2D eigenvalue weighted by Gasteiger charge is 2.06. The van der Waals surface area contributed by atoms with Gasteiger partial charge in [-0.2, -0.15) is 0 Å². The van der Waals surface area contributed by atoms with E-state index < -0.39 is 0 Å². The molecule has 6 N–H and O–H groups in total. The summed E-state index contributed by atoms with van der Waals surface area (Å²) in [4.78, 5) is 3.88. The molecule has 0 amide bonds. The van der Waals surface area contributed by atoms with Crippen molar-refractivity contribution in [2.45, 2.75) is 12.8 Å². The lowest BCUT2D eigenvalue weighted by molar-refractivity contribution is 0.627. The minimum absolute atomic E-state index is 0.240. The van der Waals surface area contributed by atoms with Gasteiger partial charge in [-0.1, -0.05) is 12.1 Å². The van der Waals surface area contributed by atoms with Crippen molar-refractivity contribution >= 4 is 17.3 Å². The summed E-state index contributed by atoms with van der Waals surface area (Å²) in [6.45, 7) is 0. The van der Waals surface area contributed by atoms with Crippen LogP contribution in [0.25, 0.3) is 0 Å². The first-order valence-electron chi connectivity index (χ1n) is 5.61. The number of nitrogens with zero attached hydrogens (tertiary/aromatic N) is 1. The number of nitrogen functional groups attached to an aromatic ring is 3. The number of hydrogen-bond donors (Lipinski definition) is 3. The molecule has 2 aromatic rings. The Balaban J connectivity index is 2.13. The molecule has 0 aliphatic carbocycles. The predicted octanol–water partition coefficient (Wildman–Crippen LogP) is 1.75. The van der Waals surface area contributed by atoms with Gasteiger partial charge in [0.05, 0.1) is 5.69 Å². The van der Waals surface area contributed by atoms with Crippen LogP contribution in [0.5, 0.6) is 0 Å². The third kappa shape index (κ3) is 2.68. The lowest BCUT2D eigenvalue weighted by Gasteiger charge is -2.09. The van der Waals surface area contributed by atoms with Crippen molar-refractivity contribution in [1.82, 2.24) is 4.98 Å². The zero-order valence-electron chi connectivity index (χ0n) is 9.86. The molecule has 94 valence electrons. The summed E-state index contributed by atoms with van der Waals surface area (Å²) in [6.07, 6.45) is 1.43. The number of anilines is 3. The molecule has 5 heteroatoms. The fraction of sp³-hybridized carbons (Fsp3) is 0.154. The Bertz CT molecular complexity index is 552. The molecule has 0 aliphatic rings. The Morgan fingerprint density at radius 1 is 1.00 bits per heavy atom. The van der Waals surface area contributed by atoms with Gasteiger partial charge in [-0.15, -0.1) is 0 Å². The average Bonchev–Trinajstić information content (AvgIpc) is 2.34. The van der Waals surface area contributed by atoms with Gasteiger partial charge in [0.2, 0.25) is 0 Å². The Morgan fingerprint density at radius 3 is 2.33 bits per heavy atom. The summed E-state index contributed by atoms with van der Waals surface area (Å²) in [5, 5.41) is 0. The second-order valence-electron chi connectivity index (χ2n) is 4.13. The van der Waals surface area contributed by atoms with Crippen LogP contribution >= 0.6 is 0 Å². The lowest BCUT2D eigenvalue weighted by atomic mass is 10.0. The van der Waals surface area contributed by atoms with Crippen LogP contribution in [0.1, 0.15) is 11.1 Å². The maximum atomic E-state index is 12.8. The molecular formula is C13H15FN4. The van der Waals surface area contributed by atoms with Crippen molar-refractivity contribution in [2.24, 2.45) is 0 Å². The van der Waals surface area contributed by atoms with Crippen LogP contribution < -0.4 is 17.2 Å². The van der Waals surface area contributed by atoms with Crippen LogP contribution in [0, 0.1) is 5.82 Å². The van der Waals surface area contributed by atoms with Crippen molar-refractivity contribution < 1.29 is 4.39 Å². The van der Waals surface area contributed by atoms with Gasteiger partial charge in [-0.3, -0.25) is 0 Å². The molecule has 0 atom stereocenters. The first kappa shape index (κ1) is 12.2. The van der Waals surface area contributed by atoms with Gasteiger partial charge < -0.3 is 17.2 Å². The maximum Gasteiger partial charge on any atom is 0.149 e. The fourth-order valence-corrected chi connectivity index (χ4v) is 1.79. The van der Waals surface area contributed by atoms with Crippen molar-refractivity contribution in [2.75, 3.05) is 17.2 Å². The van der Waals surface area contributed by atoms with Gasteiger partial charge in [-0.25, -0.2) is 9.37 Å². The molecule has 4 nitrogen and oxygen atoms in total. The molecule has 1 aromatic heterocycles. The Morgan fingerprint density at radius 2 is 1.67 bits per heavy atom. The van der Waals surface area contributed by atoms with E-state index in [2.05, 4.69) is 4.98 Å². The topological polar surface area (TPSA) is 91.0 Å². The number of aryl methyl sites for hydroxylation is 2. The monoisotopic (exact) mass is 246 g/mol. The van der Waals surface area contributed by atoms with E-state index in [4.69, 9.17) is 17.2 Å². The first-order chi connectivity index (χ1) is 8.56.